The van der Waals surface area contributed by atoms with Crippen molar-refractivity contribution < 1.29 is 22.3 Å². The van der Waals surface area contributed by atoms with Crippen LogP contribution in [0.15, 0.2) is 35.4 Å². The number of fused-ring (bicyclic) bond motifs is 1. The fraction of sp³-hybridized carbons (Fsp3) is 0.474. The zero-order valence-electron chi connectivity index (χ0n) is 15.3. The van der Waals surface area contributed by atoms with Crippen LogP contribution in [0.1, 0.15) is 39.5 Å². The van der Waals surface area contributed by atoms with Crippen molar-refractivity contribution in [1.82, 2.24) is 9.71 Å². The molecule has 27 heavy (non-hydrogen) atoms. The Morgan fingerprint density at radius 1 is 1.33 bits per heavy atom. The number of hydrogen-bond donors (Lipinski definition) is 1. The van der Waals surface area contributed by atoms with E-state index in [9.17, 15) is 17.6 Å². The normalized spacial score (nSPS) is 21.7. The molecule has 0 unspecified atom stereocenters. The van der Waals surface area contributed by atoms with E-state index in [4.69, 9.17) is 4.74 Å². The lowest BCUT2D eigenvalue weighted by Gasteiger charge is -2.28. The highest BCUT2D eigenvalue weighted by atomic mass is 32.2. The lowest BCUT2D eigenvalue weighted by atomic mass is 9.88. The van der Waals surface area contributed by atoms with E-state index >= 15 is 0 Å². The molecule has 1 aliphatic rings. The van der Waals surface area contributed by atoms with Gasteiger partial charge in [0.1, 0.15) is 17.4 Å². The number of carbonyl (C=O) groups is 1. The first-order valence-corrected chi connectivity index (χ1v) is 10.5. The highest BCUT2D eigenvalue weighted by Gasteiger charge is 2.28. The molecule has 1 amide bonds. The molecule has 2 aromatic rings. The van der Waals surface area contributed by atoms with E-state index in [1.54, 1.807) is 0 Å². The molecule has 1 heterocycles. The highest BCUT2D eigenvalue weighted by molar-refractivity contribution is 7.90. The molecule has 0 bridgehead atoms. The van der Waals surface area contributed by atoms with Crippen molar-refractivity contribution in [1.29, 1.82) is 0 Å². The molecular formula is C19H23FN2O4S. The second kappa shape index (κ2) is 7.90. The number of pyridine rings is 1. The number of hydrogen-bond acceptors (Lipinski definition) is 5. The third kappa shape index (κ3) is 4.44. The van der Waals surface area contributed by atoms with Crippen molar-refractivity contribution in [3.05, 3.63) is 36.3 Å². The summed E-state index contributed by atoms with van der Waals surface area (Å²) >= 11 is 0. The Labute approximate surface area is 158 Å². The van der Waals surface area contributed by atoms with E-state index < -0.39 is 27.9 Å². The summed E-state index contributed by atoms with van der Waals surface area (Å²) in [6.45, 7) is 3.67. The number of rotatable bonds is 5. The zero-order chi connectivity index (χ0) is 19.6. The van der Waals surface area contributed by atoms with Crippen LogP contribution in [0.4, 0.5) is 4.39 Å². The number of aromatic nitrogens is 1. The third-order valence-electron chi connectivity index (χ3n) is 4.86. The number of halogens is 1. The van der Waals surface area contributed by atoms with Gasteiger partial charge < -0.3 is 4.74 Å². The summed E-state index contributed by atoms with van der Waals surface area (Å²) in [5.74, 6) is -0.839. The topological polar surface area (TPSA) is 85.4 Å². The molecule has 3 rings (SSSR count). The SMILES string of the molecule is C[C@@H]1CCC[C@H](O[C@H](C)C(=O)NS(=O)(=O)c2ccc(F)c3ncccc23)C1. The Hall–Kier alpha value is -2.06. The van der Waals surface area contributed by atoms with E-state index in [1.807, 2.05) is 4.72 Å². The first kappa shape index (κ1) is 19.7. The van der Waals surface area contributed by atoms with Crippen LogP contribution in [0.2, 0.25) is 0 Å². The largest absolute Gasteiger partial charge is 0.365 e. The standard InChI is InChI=1S/C19H23FN2O4S/c1-12-5-3-6-14(11-12)26-13(2)19(23)22-27(24,25)17-9-8-16(20)18-15(17)7-4-10-21-18/h4,7-10,12-14H,3,5-6,11H2,1-2H3,(H,22,23)/t12-,13-,14+/m1/s1. The van der Waals surface area contributed by atoms with E-state index in [2.05, 4.69) is 11.9 Å². The number of nitrogens with zero attached hydrogens (tertiary/aromatic N) is 1. The van der Waals surface area contributed by atoms with Gasteiger partial charge >= 0.3 is 0 Å². The maximum atomic E-state index is 13.9. The van der Waals surface area contributed by atoms with Crippen LogP contribution >= 0.6 is 0 Å². The molecule has 1 fully saturated rings. The van der Waals surface area contributed by atoms with Gasteiger partial charge in [0.15, 0.2) is 0 Å². The van der Waals surface area contributed by atoms with Crippen LogP contribution in [-0.4, -0.2) is 31.5 Å². The predicted octanol–water partition coefficient (Wildman–Crippen LogP) is 3.16. The quantitative estimate of drug-likeness (QED) is 0.842. The fourth-order valence-corrected chi connectivity index (χ4v) is 4.71. The second-order valence-corrected chi connectivity index (χ2v) is 8.74. The molecular weight excluding hydrogens is 371 g/mol. The van der Waals surface area contributed by atoms with Gasteiger partial charge in [-0.1, -0.05) is 19.8 Å². The molecule has 3 atom stereocenters. The van der Waals surface area contributed by atoms with Gasteiger partial charge in [-0.25, -0.2) is 17.5 Å². The molecule has 1 N–H and O–H groups in total. The first-order valence-electron chi connectivity index (χ1n) is 9.03. The van der Waals surface area contributed by atoms with Gasteiger partial charge in [0.25, 0.3) is 15.9 Å². The van der Waals surface area contributed by atoms with Crippen LogP contribution < -0.4 is 4.72 Å². The van der Waals surface area contributed by atoms with Crippen molar-refractivity contribution in [3.8, 4) is 0 Å². The van der Waals surface area contributed by atoms with E-state index in [0.29, 0.717) is 5.92 Å². The van der Waals surface area contributed by atoms with Gasteiger partial charge in [-0.15, -0.1) is 0 Å². The number of amides is 1. The van der Waals surface area contributed by atoms with Gasteiger partial charge in [-0.05, 0) is 49.9 Å². The summed E-state index contributed by atoms with van der Waals surface area (Å²) < 4.78 is 47.0. The van der Waals surface area contributed by atoms with Gasteiger partial charge in [0, 0.05) is 11.6 Å². The number of sulfonamides is 1. The van der Waals surface area contributed by atoms with E-state index in [-0.39, 0.29) is 21.9 Å². The average molecular weight is 394 g/mol. The number of benzene rings is 1. The fourth-order valence-electron chi connectivity index (χ4n) is 3.47. The van der Waals surface area contributed by atoms with Crippen molar-refractivity contribution in [2.75, 3.05) is 0 Å². The molecule has 1 aliphatic carbocycles. The number of ether oxygens (including phenoxy) is 1. The molecule has 1 aromatic carbocycles. The smallest absolute Gasteiger partial charge is 0.264 e. The molecule has 6 nitrogen and oxygen atoms in total. The molecule has 1 saturated carbocycles. The Balaban J connectivity index is 1.76. The summed E-state index contributed by atoms with van der Waals surface area (Å²) in [7, 11) is -4.19. The van der Waals surface area contributed by atoms with Crippen LogP contribution in [0, 0.1) is 11.7 Å². The van der Waals surface area contributed by atoms with E-state index in [1.165, 1.54) is 25.3 Å². The molecule has 0 spiro atoms. The average Bonchev–Trinajstić information content (AvgIpc) is 2.61. The van der Waals surface area contributed by atoms with Crippen molar-refractivity contribution in [3.63, 3.8) is 0 Å². The highest BCUT2D eigenvalue weighted by Crippen LogP contribution is 2.27. The van der Waals surface area contributed by atoms with Crippen molar-refractivity contribution >= 4 is 26.8 Å². The van der Waals surface area contributed by atoms with Gasteiger partial charge in [-0.2, -0.15) is 0 Å². The first-order chi connectivity index (χ1) is 12.8. The van der Waals surface area contributed by atoms with Crippen LogP contribution in [-0.2, 0) is 19.6 Å². The lowest BCUT2D eigenvalue weighted by Crippen LogP contribution is -2.40. The molecule has 1 aromatic heterocycles. The summed E-state index contributed by atoms with van der Waals surface area (Å²) in [6, 6.07) is 5.12. The summed E-state index contributed by atoms with van der Waals surface area (Å²) in [4.78, 5) is 16.1. The minimum atomic E-state index is -4.19. The molecule has 0 saturated heterocycles. The minimum Gasteiger partial charge on any atom is -0.365 e. The maximum absolute atomic E-state index is 13.9. The van der Waals surface area contributed by atoms with Crippen molar-refractivity contribution in [2.24, 2.45) is 5.92 Å². The Morgan fingerprint density at radius 2 is 2.11 bits per heavy atom. The second-order valence-electron chi connectivity index (χ2n) is 7.09. The molecule has 146 valence electrons. The molecule has 0 aliphatic heterocycles. The predicted molar refractivity (Wildman–Crippen MR) is 99.0 cm³/mol. The van der Waals surface area contributed by atoms with Gasteiger partial charge in [0.05, 0.1) is 11.0 Å². The Bertz CT molecular complexity index is 948. The van der Waals surface area contributed by atoms with E-state index in [0.717, 1.165) is 37.8 Å². The van der Waals surface area contributed by atoms with Crippen LogP contribution in [0.3, 0.4) is 0 Å². The minimum absolute atomic E-state index is 0.0481. The summed E-state index contributed by atoms with van der Waals surface area (Å²) in [5.41, 5.74) is -0.0617. The summed E-state index contributed by atoms with van der Waals surface area (Å²) in [6.07, 6.45) is 4.32. The Kier molecular flexibility index (Phi) is 5.76. The Morgan fingerprint density at radius 3 is 2.85 bits per heavy atom. The number of nitrogens with one attached hydrogen (secondary N) is 1. The van der Waals surface area contributed by atoms with Gasteiger partial charge in [0.2, 0.25) is 0 Å². The monoisotopic (exact) mass is 394 g/mol. The molecule has 0 radical (unpaired) electrons. The summed E-state index contributed by atoms with van der Waals surface area (Å²) in [5, 5.41) is 0.118. The maximum Gasteiger partial charge on any atom is 0.264 e. The van der Waals surface area contributed by atoms with Crippen LogP contribution in [0.5, 0.6) is 0 Å². The third-order valence-corrected chi connectivity index (χ3v) is 6.26. The number of carbonyl (C=O) groups excluding carboxylic acids is 1. The zero-order valence-corrected chi connectivity index (χ0v) is 16.1. The van der Waals surface area contributed by atoms with Crippen molar-refractivity contribution in [2.45, 2.75) is 56.6 Å². The van der Waals surface area contributed by atoms with Gasteiger partial charge in [-0.3, -0.25) is 9.78 Å². The van der Waals surface area contributed by atoms with Crippen LogP contribution in [0.25, 0.3) is 10.9 Å². The lowest BCUT2D eigenvalue weighted by molar-refractivity contribution is -0.135. The molecule has 8 heteroatoms.